The van der Waals surface area contributed by atoms with Gasteiger partial charge < -0.3 is 20.3 Å². The van der Waals surface area contributed by atoms with Crippen LogP contribution in [0.25, 0.3) is 0 Å². The van der Waals surface area contributed by atoms with Crippen molar-refractivity contribution in [3.05, 3.63) is 59.2 Å². The summed E-state index contributed by atoms with van der Waals surface area (Å²) in [7, 11) is 3.64. The molecule has 5 heteroatoms. The average Bonchev–Trinajstić information content (AvgIpc) is 3.60. The lowest BCUT2D eigenvalue weighted by molar-refractivity contribution is -0.119. The van der Waals surface area contributed by atoms with Gasteiger partial charge in [-0.2, -0.15) is 0 Å². The van der Waals surface area contributed by atoms with Gasteiger partial charge in [-0.25, -0.2) is 0 Å². The van der Waals surface area contributed by atoms with Crippen LogP contribution in [0.15, 0.2) is 42.5 Å². The second kappa shape index (κ2) is 8.29. The molecule has 1 amide bonds. The highest BCUT2D eigenvalue weighted by Gasteiger charge is 2.45. The smallest absolute Gasteiger partial charge is 0.234 e. The van der Waals surface area contributed by atoms with Gasteiger partial charge in [0.2, 0.25) is 5.91 Å². The zero-order valence-corrected chi connectivity index (χ0v) is 18.7. The van der Waals surface area contributed by atoms with Crippen molar-refractivity contribution < 1.29 is 9.53 Å². The third kappa shape index (κ3) is 3.85. The molecule has 0 radical (unpaired) electrons. The van der Waals surface area contributed by atoms with Crippen LogP contribution in [0.1, 0.15) is 61.3 Å². The standard InChI is InChI=1S/C26H33N3O2/c1-16-9-12-21(25(28-16)18-7-5-4-6-8-18)27-15-19-13-22-20(14-23(19)31-3)24(17-10-11-17)26(30)29(22)2/h4-8,13-14,16-17,21,24-25,27-28H,9-12,15H2,1-3H3. The van der Waals surface area contributed by atoms with Gasteiger partial charge in [-0.1, -0.05) is 30.3 Å². The second-order valence-electron chi connectivity index (χ2n) is 9.46. The van der Waals surface area contributed by atoms with Crippen LogP contribution >= 0.6 is 0 Å². The molecule has 0 bridgehead atoms. The first-order valence-electron chi connectivity index (χ1n) is 11.6. The number of amides is 1. The monoisotopic (exact) mass is 419 g/mol. The maximum absolute atomic E-state index is 12.9. The maximum Gasteiger partial charge on any atom is 0.234 e. The molecule has 2 aromatic rings. The molecule has 1 saturated carbocycles. The van der Waals surface area contributed by atoms with Crippen molar-refractivity contribution in [3.8, 4) is 5.75 Å². The molecule has 2 aromatic carbocycles. The fraction of sp³-hybridized carbons (Fsp3) is 0.500. The molecule has 2 heterocycles. The first kappa shape index (κ1) is 20.5. The SMILES string of the molecule is COc1cc2c(cc1CNC1CCC(C)NC1c1ccccc1)N(C)C(=O)C2C1CC1. The number of likely N-dealkylation sites (N-methyl/N-ethyl adjacent to an activating group) is 1. The third-order valence-corrected chi connectivity index (χ3v) is 7.31. The van der Waals surface area contributed by atoms with Crippen molar-refractivity contribution in [1.82, 2.24) is 10.6 Å². The largest absolute Gasteiger partial charge is 0.496 e. The molecule has 5 rings (SSSR count). The van der Waals surface area contributed by atoms with E-state index in [1.807, 2.05) is 11.9 Å². The summed E-state index contributed by atoms with van der Waals surface area (Å²) in [6, 6.07) is 16.1. The molecule has 2 fully saturated rings. The number of nitrogens with zero attached hydrogens (tertiary/aromatic N) is 1. The van der Waals surface area contributed by atoms with Gasteiger partial charge in [0.15, 0.2) is 0 Å². The summed E-state index contributed by atoms with van der Waals surface area (Å²) in [5.41, 5.74) is 4.63. The van der Waals surface area contributed by atoms with Crippen molar-refractivity contribution in [2.24, 2.45) is 5.92 Å². The molecule has 1 aliphatic carbocycles. The Kier molecular flexibility index (Phi) is 5.49. The number of hydrogen-bond donors (Lipinski definition) is 2. The Bertz CT molecular complexity index is 957. The minimum absolute atomic E-state index is 0.0161. The van der Waals surface area contributed by atoms with E-state index in [0.29, 0.717) is 18.0 Å². The lowest BCUT2D eigenvalue weighted by Crippen LogP contribution is -2.49. The molecule has 3 aliphatic rings. The van der Waals surface area contributed by atoms with Crippen molar-refractivity contribution >= 4 is 11.6 Å². The van der Waals surface area contributed by atoms with E-state index >= 15 is 0 Å². The Labute approximate surface area is 185 Å². The van der Waals surface area contributed by atoms with E-state index in [-0.39, 0.29) is 17.9 Å². The van der Waals surface area contributed by atoms with Crippen LogP contribution < -0.4 is 20.3 Å². The minimum Gasteiger partial charge on any atom is -0.496 e. The van der Waals surface area contributed by atoms with Crippen LogP contribution in [0.2, 0.25) is 0 Å². The summed E-state index contributed by atoms with van der Waals surface area (Å²) >= 11 is 0. The van der Waals surface area contributed by atoms with E-state index in [1.165, 1.54) is 5.56 Å². The molecule has 164 valence electrons. The molecule has 4 unspecified atom stereocenters. The predicted molar refractivity (Wildman–Crippen MR) is 124 cm³/mol. The number of carbonyl (C=O) groups excluding carboxylic acids is 1. The van der Waals surface area contributed by atoms with Gasteiger partial charge in [0, 0.05) is 43.0 Å². The molecule has 2 N–H and O–H groups in total. The summed E-state index contributed by atoms with van der Waals surface area (Å²) in [6.07, 6.45) is 4.60. The van der Waals surface area contributed by atoms with Gasteiger partial charge in [0.1, 0.15) is 5.75 Å². The number of rotatable bonds is 6. The first-order chi connectivity index (χ1) is 15.1. The predicted octanol–water partition coefficient (Wildman–Crippen LogP) is 4.14. The summed E-state index contributed by atoms with van der Waals surface area (Å²) in [4.78, 5) is 14.7. The third-order valence-electron chi connectivity index (χ3n) is 7.31. The lowest BCUT2D eigenvalue weighted by Gasteiger charge is -2.37. The summed E-state index contributed by atoms with van der Waals surface area (Å²) in [6.45, 7) is 2.98. The molecule has 0 spiro atoms. The summed E-state index contributed by atoms with van der Waals surface area (Å²) < 4.78 is 5.77. The molecule has 1 saturated heterocycles. The number of benzene rings is 2. The van der Waals surface area contributed by atoms with Crippen LogP contribution in [-0.4, -0.2) is 32.1 Å². The second-order valence-corrected chi connectivity index (χ2v) is 9.46. The van der Waals surface area contributed by atoms with E-state index in [0.717, 1.165) is 54.8 Å². The van der Waals surface area contributed by atoms with E-state index < -0.39 is 0 Å². The number of methoxy groups -OCH3 is 1. The van der Waals surface area contributed by atoms with Crippen LogP contribution in [0.5, 0.6) is 5.75 Å². The average molecular weight is 420 g/mol. The van der Waals surface area contributed by atoms with E-state index in [1.54, 1.807) is 7.11 Å². The topological polar surface area (TPSA) is 53.6 Å². The fourth-order valence-corrected chi connectivity index (χ4v) is 5.39. The molecule has 0 aromatic heterocycles. The number of carbonyl (C=O) groups is 1. The number of anilines is 1. The van der Waals surface area contributed by atoms with E-state index in [9.17, 15) is 4.79 Å². The molecule has 31 heavy (non-hydrogen) atoms. The quantitative estimate of drug-likeness (QED) is 0.739. The van der Waals surface area contributed by atoms with Gasteiger partial charge in [0.05, 0.1) is 13.0 Å². The zero-order chi connectivity index (χ0) is 21.5. The number of fused-ring (bicyclic) bond motifs is 1. The van der Waals surface area contributed by atoms with Crippen LogP contribution in [0.3, 0.4) is 0 Å². The highest BCUT2D eigenvalue weighted by molar-refractivity contribution is 6.05. The van der Waals surface area contributed by atoms with Gasteiger partial charge in [-0.05, 0) is 61.8 Å². The Balaban J connectivity index is 1.38. The van der Waals surface area contributed by atoms with Gasteiger partial charge in [-0.3, -0.25) is 4.79 Å². The maximum atomic E-state index is 12.9. The number of nitrogens with one attached hydrogen (secondary N) is 2. The number of ether oxygens (including phenoxy) is 1. The molecule has 5 nitrogen and oxygen atoms in total. The molecular formula is C26H33N3O2. The Hall–Kier alpha value is -2.37. The Morgan fingerprint density at radius 3 is 2.61 bits per heavy atom. The van der Waals surface area contributed by atoms with E-state index in [4.69, 9.17) is 4.74 Å². The number of hydrogen-bond acceptors (Lipinski definition) is 4. The normalized spacial score (nSPS) is 28.0. The lowest BCUT2D eigenvalue weighted by atomic mass is 9.89. The van der Waals surface area contributed by atoms with Crippen molar-refractivity contribution in [1.29, 1.82) is 0 Å². The van der Waals surface area contributed by atoms with Crippen LogP contribution in [-0.2, 0) is 11.3 Å². The van der Waals surface area contributed by atoms with Gasteiger partial charge >= 0.3 is 0 Å². The van der Waals surface area contributed by atoms with Crippen molar-refractivity contribution in [2.45, 2.75) is 63.2 Å². The summed E-state index contributed by atoms with van der Waals surface area (Å²) in [5.74, 6) is 1.64. The zero-order valence-electron chi connectivity index (χ0n) is 18.7. The highest BCUT2D eigenvalue weighted by Crippen LogP contribution is 2.51. The van der Waals surface area contributed by atoms with Crippen molar-refractivity contribution in [2.75, 3.05) is 19.1 Å². The van der Waals surface area contributed by atoms with Gasteiger partial charge in [0.25, 0.3) is 0 Å². The molecular weight excluding hydrogens is 386 g/mol. The Morgan fingerprint density at radius 1 is 1.13 bits per heavy atom. The minimum atomic E-state index is 0.0161. The van der Waals surface area contributed by atoms with Gasteiger partial charge in [-0.15, -0.1) is 0 Å². The fourth-order valence-electron chi connectivity index (χ4n) is 5.39. The van der Waals surface area contributed by atoms with Crippen LogP contribution in [0.4, 0.5) is 5.69 Å². The molecule has 4 atom stereocenters. The summed E-state index contributed by atoms with van der Waals surface area (Å²) in [5, 5.41) is 7.58. The van der Waals surface area contributed by atoms with Crippen molar-refractivity contribution in [3.63, 3.8) is 0 Å². The van der Waals surface area contributed by atoms with Crippen LogP contribution in [0, 0.1) is 5.92 Å². The van der Waals surface area contributed by atoms with E-state index in [2.05, 4.69) is 60.0 Å². The first-order valence-corrected chi connectivity index (χ1v) is 11.6. The highest BCUT2D eigenvalue weighted by atomic mass is 16.5. The number of piperidine rings is 1. The Morgan fingerprint density at radius 2 is 1.90 bits per heavy atom. The molecule has 2 aliphatic heterocycles.